The van der Waals surface area contributed by atoms with Crippen LogP contribution in [-0.2, 0) is 5.41 Å². The molecule has 1 aliphatic carbocycles. The summed E-state index contributed by atoms with van der Waals surface area (Å²) in [5.41, 5.74) is 1.72. The van der Waals surface area contributed by atoms with Crippen LogP contribution in [0.2, 0.25) is 0 Å². The first-order chi connectivity index (χ1) is 10.3. The fraction of sp³-hybridized carbons (Fsp3) is 0.684. The molecular formula is C19H30N2. The number of rotatable bonds is 6. The van der Waals surface area contributed by atoms with Crippen molar-refractivity contribution in [1.29, 1.82) is 0 Å². The summed E-state index contributed by atoms with van der Waals surface area (Å²) in [7, 11) is 0. The van der Waals surface area contributed by atoms with Gasteiger partial charge in [0.05, 0.1) is 0 Å². The fourth-order valence-corrected chi connectivity index (χ4v) is 3.53. The molecule has 2 fully saturated rings. The first-order valence-corrected chi connectivity index (χ1v) is 8.78. The average Bonchev–Trinajstić information content (AvgIpc) is 3.34. The number of benzene rings is 1. The van der Waals surface area contributed by atoms with Gasteiger partial charge >= 0.3 is 0 Å². The Morgan fingerprint density at radius 2 is 1.71 bits per heavy atom. The standard InChI is InChI=1S/C19H30N2/c1-19(15-20-18-11-12-18,17-9-5-4-6-10-17)16-21-13-7-2-3-8-14-21/h4-6,9-10,18,20H,2-3,7-8,11-16H2,1H3. The van der Waals surface area contributed by atoms with E-state index in [2.05, 4.69) is 47.5 Å². The van der Waals surface area contributed by atoms with Crippen LogP contribution in [0.25, 0.3) is 0 Å². The van der Waals surface area contributed by atoms with Crippen LogP contribution in [0, 0.1) is 0 Å². The normalized spacial score (nSPS) is 23.5. The summed E-state index contributed by atoms with van der Waals surface area (Å²) in [6.07, 6.45) is 8.32. The lowest BCUT2D eigenvalue weighted by Gasteiger charge is -2.36. The number of nitrogens with zero attached hydrogens (tertiary/aromatic N) is 1. The predicted octanol–water partition coefficient (Wildman–Crippen LogP) is 3.57. The molecule has 1 saturated heterocycles. The van der Waals surface area contributed by atoms with Gasteiger partial charge in [0.15, 0.2) is 0 Å². The zero-order chi connectivity index (χ0) is 14.5. The summed E-state index contributed by atoms with van der Waals surface area (Å²) in [6.45, 7) is 7.31. The van der Waals surface area contributed by atoms with Gasteiger partial charge in [-0.3, -0.25) is 0 Å². The maximum atomic E-state index is 3.77. The second-order valence-electron chi connectivity index (χ2n) is 7.27. The molecule has 0 radical (unpaired) electrons. The molecule has 1 aliphatic heterocycles. The van der Waals surface area contributed by atoms with E-state index in [-0.39, 0.29) is 5.41 Å². The summed E-state index contributed by atoms with van der Waals surface area (Å²) in [6, 6.07) is 11.9. The lowest BCUT2D eigenvalue weighted by molar-refractivity contribution is 0.217. The molecule has 1 N–H and O–H groups in total. The van der Waals surface area contributed by atoms with Gasteiger partial charge in [-0.15, -0.1) is 0 Å². The molecule has 1 saturated carbocycles. The van der Waals surface area contributed by atoms with E-state index in [9.17, 15) is 0 Å². The Hall–Kier alpha value is -0.860. The largest absolute Gasteiger partial charge is 0.313 e. The Balaban J connectivity index is 1.70. The number of nitrogens with one attached hydrogen (secondary N) is 1. The molecule has 3 rings (SSSR count). The number of hydrogen-bond acceptors (Lipinski definition) is 2. The van der Waals surface area contributed by atoms with Crippen LogP contribution in [-0.4, -0.2) is 37.1 Å². The maximum absolute atomic E-state index is 3.77. The first-order valence-electron chi connectivity index (χ1n) is 8.78. The van der Waals surface area contributed by atoms with Gasteiger partial charge in [0.2, 0.25) is 0 Å². The number of hydrogen-bond donors (Lipinski definition) is 1. The summed E-state index contributed by atoms with van der Waals surface area (Å²) in [5.74, 6) is 0. The molecule has 0 spiro atoms. The van der Waals surface area contributed by atoms with Gasteiger partial charge in [0, 0.05) is 24.5 Å². The van der Waals surface area contributed by atoms with Crippen molar-refractivity contribution in [2.75, 3.05) is 26.2 Å². The third kappa shape index (κ3) is 4.31. The zero-order valence-electron chi connectivity index (χ0n) is 13.5. The van der Waals surface area contributed by atoms with E-state index in [1.807, 2.05) is 0 Å². The summed E-state index contributed by atoms with van der Waals surface area (Å²) >= 11 is 0. The first kappa shape index (κ1) is 15.1. The van der Waals surface area contributed by atoms with Crippen molar-refractivity contribution in [3.8, 4) is 0 Å². The minimum atomic E-state index is 0.230. The smallest absolute Gasteiger partial charge is 0.0177 e. The quantitative estimate of drug-likeness (QED) is 0.860. The van der Waals surface area contributed by atoms with E-state index in [1.54, 1.807) is 0 Å². The van der Waals surface area contributed by atoms with Crippen LogP contribution in [0.1, 0.15) is 51.0 Å². The molecule has 2 aliphatic rings. The SMILES string of the molecule is CC(CNC1CC1)(CN1CCCCCC1)c1ccccc1. The van der Waals surface area contributed by atoms with Gasteiger partial charge in [0.1, 0.15) is 0 Å². The van der Waals surface area contributed by atoms with Gasteiger partial charge in [-0.2, -0.15) is 0 Å². The molecule has 0 amide bonds. The van der Waals surface area contributed by atoms with Gasteiger partial charge in [-0.05, 0) is 44.3 Å². The molecule has 2 nitrogen and oxygen atoms in total. The highest BCUT2D eigenvalue weighted by molar-refractivity contribution is 5.26. The zero-order valence-corrected chi connectivity index (χ0v) is 13.5. The van der Waals surface area contributed by atoms with E-state index in [4.69, 9.17) is 0 Å². The van der Waals surface area contributed by atoms with Crippen LogP contribution < -0.4 is 5.32 Å². The highest BCUT2D eigenvalue weighted by atomic mass is 15.1. The second-order valence-corrected chi connectivity index (χ2v) is 7.27. The Kier molecular flexibility index (Phi) is 4.97. The molecule has 2 heteroatoms. The topological polar surface area (TPSA) is 15.3 Å². The molecule has 1 aromatic rings. The summed E-state index contributed by atoms with van der Waals surface area (Å²) in [5, 5.41) is 3.77. The van der Waals surface area contributed by atoms with Gasteiger partial charge in [-0.25, -0.2) is 0 Å². The lowest BCUT2D eigenvalue weighted by Crippen LogP contribution is -2.46. The Labute approximate surface area is 129 Å². The van der Waals surface area contributed by atoms with E-state index in [0.717, 1.165) is 12.6 Å². The van der Waals surface area contributed by atoms with Gasteiger partial charge in [-0.1, -0.05) is 50.1 Å². The van der Waals surface area contributed by atoms with E-state index in [0.29, 0.717) is 0 Å². The number of likely N-dealkylation sites (tertiary alicyclic amines) is 1. The van der Waals surface area contributed by atoms with Crippen LogP contribution in [0.15, 0.2) is 30.3 Å². The second kappa shape index (κ2) is 6.93. The van der Waals surface area contributed by atoms with Crippen molar-refractivity contribution >= 4 is 0 Å². The molecule has 1 heterocycles. The summed E-state index contributed by atoms with van der Waals surface area (Å²) in [4.78, 5) is 2.70. The minimum absolute atomic E-state index is 0.230. The Morgan fingerprint density at radius 3 is 2.33 bits per heavy atom. The van der Waals surface area contributed by atoms with Crippen molar-refractivity contribution in [3.05, 3.63) is 35.9 Å². The van der Waals surface area contributed by atoms with Crippen molar-refractivity contribution in [3.63, 3.8) is 0 Å². The highest BCUT2D eigenvalue weighted by Crippen LogP contribution is 2.28. The highest BCUT2D eigenvalue weighted by Gasteiger charge is 2.32. The third-order valence-corrected chi connectivity index (χ3v) is 5.10. The van der Waals surface area contributed by atoms with E-state index < -0.39 is 0 Å². The van der Waals surface area contributed by atoms with Crippen LogP contribution in [0.3, 0.4) is 0 Å². The van der Waals surface area contributed by atoms with Crippen molar-refractivity contribution in [2.45, 2.75) is 56.9 Å². The average molecular weight is 286 g/mol. The molecule has 1 aromatic carbocycles. The lowest BCUT2D eigenvalue weighted by atomic mass is 9.81. The van der Waals surface area contributed by atoms with Crippen molar-refractivity contribution in [2.24, 2.45) is 0 Å². The Bertz CT molecular complexity index is 418. The molecule has 1 unspecified atom stereocenters. The van der Waals surface area contributed by atoms with Crippen molar-refractivity contribution in [1.82, 2.24) is 10.2 Å². The summed E-state index contributed by atoms with van der Waals surface area (Å²) < 4.78 is 0. The third-order valence-electron chi connectivity index (χ3n) is 5.10. The van der Waals surface area contributed by atoms with Gasteiger partial charge in [0.25, 0.3) is 0 Å². The Morgan fingerprint density at radius 1 is 1.05 bits per heavy atom. The minimum Gasteiger partial charge on any atom is -0.313 e. The molecule has 0 bridgehead atoms. The molecular weight excluding hydrogens is 256 g/mol. The molecule has 116 valence electrons. The monoisotopic (exact) mass is 286 g/mol. The van der Waals surface area contributed by atoms with Crippen molar-refractivity contribution < 1.29 is 0 Å². The van der Waals surface area contributed by atoms with Gasteiger partial charge < -0.3 is 10.2 Å². The van der Waals surface area contributed by atoms with Crippen LogP contribution in [0.4, 0.5) is 0 Å². The maximum Gasteiger partial charge on any atom is 0.0177 e. The van der Waals surface area contributed by atoms with E-state index >= 15 is 0 Å². The fourth-order valence-electron chi connectivity index (χ4n) is 3.53. The van der Waals surface area contributed by atoms with Crippen LogP contribution >= 0.6 is 0 Å². The van der Waals surface area contributed by atoms with Crippen LogP contribution in [0.5, 0.6) is 0 Å². The molecule has 1 atom stereocenters. The molecule has 0 aromatic heterocycles. The predicted molar refractivity (Wildman–Crippen MR) is 89.7 cm³/mol. The molecule has 21 heavy (non-hydrogen) atoms. The van der Waals surface area contributed by atoms with E-state index in [1.165, 1.54) is 63.7 Å².